The second-order valence-electron chi connectivity index (χ2n) is 4.60. The zero-order valence-electron chi connectivity index (χ0n) is 10.4. The molecule has 0 bridgehead atoms. The second-order valence-corrected chi connectivity index (χ2v) is 4.60. The van der Waals surface area contributed by atoms with E-state index in [2.05, 4.69) is 36.2 Å². The largest absolute Gasteiger partial charge is 0.328 e. The Labute approximate surface area is 103 Å². The van der Waals surface area contributed by atoms with E-state index in [0.717, 1.165) is 25.7 Å². The molecule has 0 saturated heterocycles. The van der Waals surface area contributed by atoms with Crippen LogP contribution in [0.3, 0.4) is 0 Å². The molecule has 0 aliphatic carbocycles. The summed E-state index contributed by atoms with van der Waals surface area (Å²) in [4.78, 5) is 4.21. The van der Waals surface area contributed by atoms with Crippen LogP contribution >= 0.6 is 0 Å². The van der Waals surface area contributed by atoms with Crippen molar-refractivity contribution < 1.29 is 0 Å². The van der Waals surface area contributed by atoms with E-state index in [1.165, 1.54) is 16.3 Å². The van der Waals surface area contributed by atoms with Crippen molar-refractivity contribution in [3.8, 4) is 0 Å². The van der Waals surface area contributed by atoms with Gasteiger partial charge in [0, 0.05) is 23.8 Å². The van der Waals surface area contributed by atoms with Gasteiger partial charge in [0.2, 0.25) is 0 Å². The number of hydrogen-bond acceptors (Lipinski definition) is 2. The Kier molecular flexibility index (Phi) is 4.10. The van der Waals surface area contributed by atoms with Gasteiger partial charge in [-0.15, -0.1) is 0 Å². The Morgan fingerprint density at radius 3 is 2.94 bits per heavy atom. The number of aromatic nitrogens is 1. The van der Waals surface area contributed by atoms with Crippen LogP contribution in [0.15, 0.2) is 36.7 Å². The molecule has 1 unspecified atom stereocenters. The highest BCUT2D eigenvalue weighted by atomic mass is 14.6. The Balaban J connectivity index is 2.13. The van der Waals surface area contributed by atoms with Crippen LogP contribution in [-0.4, -0.2) is 11.0 Å². The molecule has 90 valence electrons. The molecule has 2 rings (SSSR count). The fourth-order valence-corrected chi connectivity index (χ4v) is 2.25. The SMILES string of the molecule is CCCC(N)CCc1cccc2ccncc12. The molecule has 2 N–H and O–H groups in total. The number of benzene rings is 1. The van der Waals surface area contributed by atoms with Gasteiger partial charge >= 0.3 is 0 Å². The molecule has 0 saturated carbocycles. The first kappa shape index (κ1) is 12.1. The van der Waals surface area contributed by atoms with Crippen molar-refractivity contribution >= 4 is 10.8 Å². The van der Waals surface area contributed by atoms with E-state index in [9.17, 15) is 0 Å². The van der Waals surface area contributed by atoms with Crippen molar-refractivity contribution in [1.29, 1.82) is 0 Å². The monoisotopic (exact) mass is 228 g/mol. The first-order chi connectivity index (χ1) is 8.31. The summed E-state index contributed by atoms with van der Waals surface area (Å²) in [5.41, 5.74) is 7.42. The highest BCUT2D eigenvalue weighted by molar-refractivity contribution is 5.84. The van der Waals surface area contributed by atoms with Gasteiger partial charge in [0.15, 0.2) is 0 Å². The van der Waals surface area contributed by atoms with Gasteiger partial charge in [0.1, 0.15) is 0 Å². The minimum absolute atomic E-state index is 0.326. The molecule has 0 aliphatic heterocycles. The topological polar surface area (TPSA) is 38.9 Å². The van der Waals surface area contributed by atoms with E-state index in [4.69, 9.17) is 5.73 Å². The van der Waals surface area contributed by atoms with E-state index in [1.54, 1.807) is 0 Å². The molecular formula is C15H20N2. The lowest BCUT2D eigenvalue weighted by Crippen LogP contribution is -2.20. The van der Waals surface area contributed by atoms with Gasteiger partial charge < -0.3 is 5.73 Å². The van der Waals surface area contributed by atoms with Crippen LogP contribution in [0.5, 0.6) is 0 Å². The van der Waals surface area contributed by atoms with Gasteiger partial charge in [0.25, 0.3) is 0 Å². The smallest absolute Gasteiger partial charge is 0.0349 e. The average molecular weight is 228 g/mol. The van der Waals surface area contributed by atoms with E-state index >= 15 is 0 Å². The van der Waals surface area contributed by atoms with Crippen molar-refractivity contribution in [2.24, 2.45) is 5.73 Å². The minimum Gasteiger partial charge on any atom is -0.328 e. The third-order valence-corrected chi connectivity index (χ3v) is 3.22. The van der Waals surface area contributed by atoms with Crippen LogP contribution in [0.2, 0.25) is 0 Å². The van der Waals surface area contributed by atoms with Gasteiger partial charge in [-0.25, -0.2) is 0 Å². The predicted molar refractivity (Wildman–Crippen MR) is 72.9 cm³/mol. The Bertz CT molecular complexity index is 474. The highest BCUT2D eigenvalue weighted by Gasteiger charge is 2.04. The molecule has 1 atom stereocenters. The summed E-state index contributed by atoms with van der Waals surface area (Å²) in [7, 11) is 0. The highest BCUT2D eigenvalue weighted by Crippen LogP contribution is 2.19. The normalized spacial score (nSPS) is 12.8. The molecule has 0 spiro atoms. The molecule has 0 radical (unpaired) electrons. The van der Waals surface area contributed by atoms with Crippen LogP contribution in [-0.2, 0) is 6.42 Å². The third kappa shape index (κ3) is 3.04. The van der Waals surface area contributed by atoms with Gasteiger partial charge in [-0.2, -0.15) is 0 Å². The van der Waals surface area contributed by atoms with E-state index < -0.39 is 0 Å². The fourth-order valence-electron chi connectivity index (χ4n) is 2.25. The zero-order valence-corrected chi connectivity index (χ0v) is 10.4. The summed E-state index contributed by atoms with van der Waals surface area (Å²) >= 11 is 0. The Morgan fingerprint density at radius 1 is 1.24 bits per heavy atom. The van der Waals surface area contributed by atoms with Crippen molar-refractivity contribution in [1.82, 2.24) is 4.98 Å². The average Bonchev–Trinajstić information content (AvgIpc) is 2.36. The maximum Gasteiger partial charge on any atom is 0.0349 e. The minimum atomic E-state index is 0.326. The van der Waals surface area contributed by atoms with Gasteiger partial charge in [-0.05, 0) is 36.3 Å². The van der Waals surface area contributed by atoms with Crippen LogP contribution in [0.4, 0.5) is 0 Å². The zero-order chi connectivity index (χ0) is 12.1. The lowest BCUT2D eigenvalue weighted by molar-refractivity contribution is 0.562. The molecule has 2 aromatic rings. The van der Waals surface area contributed by atoms with Gasteiger partial charge in [-0.3, -0.25) is 4.98 Å². The lowest BCUT2D eigenvalue weighted by Gasteiger charge is -2.11. The number of nitrogens with two attached hydrogens (primary N) is 1. The summed E-state index contributed by atoms with van der Waals surface area (Å²) in [5.74, 6) is 0. The van der Waals surface area contributed by atoms with E-state index in [1.807, 2.05) is 12.4 Å². The molecule has 0 aliphatic rings. The number of fused-ring (bicyclic) bond motifs is 1. The van der Waals surface area contributed by atoms with Gasteiger partial charge in [0.05, 0.1) is 0 Å². The Morgan fingerprint density at radius 2 is 2.12 bits per heavy atom. The molecule has 17 heavy (non-hydrogen) atoms. The first-order valence-corrected chi connectivity index (χ1v) is 6.38. The third-order valence-electron chi connectivity index (χ3n) is 3.22. The first-order valence-electron chi connectivity index (χ1n) is 6.38. The summed E-state index contributed by atoms with van der Waals surface area (Å²) in [6.07, 6.45) is 8.18. The molecule has 2 nitrogen and oxygen atoms in total. The summed E-state index contributed by atoms with van der Waals surface area (Å²) in [5, 5.41) is 2.53. The maximum atomic E-state index is 6.06. The molecule has 0 fully saturated rings. The number of aryl methyl sites for hydroxylation is 1. The molecule has 0 amide bonds. The van der Waals surface area contributed by atoms with Crippen molar-refractivity contribution in [2.45, 2.75) is 38.6 Å². The van der Waals surface area contributed by atoms with Crippen LogP contribution in [0.1, 0.15) is 31.7 Å². The molecular weight excluding hydrogens is 208 g/mol. The molecule has 1 aromatic heterocycles. The second kappa shape index (κ2) is 5.78. The van der Waals surface area contributed by atoms with Gasteiger partial charge in [-0.1, -0.05) is 31.5 Å². The molecule has 2 heteroatoms. The summed E-state index contributed by atoms with van der Waals surface area (Å²) < 4.78 is 0. The van der Waals surface area contributed by atoms with Crippen LogP contribution < -0.4 is 5.73 Å². The summed E-state index contributed by atoms with van der Waals surface area (Å²) in [6.45, 7) is 2.18. The lowest BCUT2D eigenvalue weighted by atomic mass is 9.99. The molecule has 1 heterocycles. The predicted octanol–water partition coefficient (Wildman–Crippen LogP) is 3.29. The van der Waals surface area contributed by atoms with Crippen LogP contribution in [0.25, 0.3) is 10.8 Å². The number of pyridine rings is 1. The number of rotatable bonds is 5. The fraction of sp³-hybridized carbons (Fsp3) is 0.400. The van der Waals surface area contributed by atoms with E-state index in [-0.39, 0.29) is 0 Å². The maximum absolute atomic E-state index is 6.06. The Hall–Kier alpha value is -1.41. The van der Waals surface area contributed by atoms with Crippen molar-refractivity contribution in [3.05, 3.63) is 42.2 Å². The van der Waals surface area contributed by atoms with E-state index in [0.29, 0.717) is 6.04 Å². The molecule has 1 aromatic carbocycles. The number of hydrogen-bond donors (Lipinski definition) is 1. The van der Waals surface area contributed by atoms with Crippen molar-refractivity contribution in [2.75, 3.05) is 0 Å². The number of nitrogens with zero attached hydrogens (tertiary/aromatic N) is 1. The standard InChI is InChI=1S/C15H20N2/c1-2-4-14(16)8-7-12-5-3-6-13-9-10-17-11-15(12)13/h3,5-6,9-11,14H,2,4,7-8,16H2,1H3. The van der Waals surface area contributed by atoms with Crippen LogP contribution in [0, 0.1) is 0 Å². The van der Waals surface area contributed by atoms with Crippen molar-refractivity contribution in [3.63, 3.8) is 0 Å². The summed E-state index contributed by atoms with van der Waals surface area (Å²) in [6, 6.07) is 8.81. The quantitative estimate of drug-likeness (QED) is 0.852.